The number of pyridine rings is 1. The molecule has 0 bridgehead atoms. The second-order valence-electron chi connectivity index (χ2n) is 5.30. The van der Waals surface area contributed by atoms with Crippen molar-refractivity contribution in [3.05, 3.63) is 35.9 Å². The van der Waals surface area contributed by atoms with Crippen molar-refractivity contribution < 1.29 is 9.90 Å². The number of aliphatic hydroxyl groups excluding tert-OH is 1. The third-order valence-electron chi connectivity index (χ3n) is 4.05. The number of hydrogen-bond acceptors (Lipinski definition) is 4. The van der Waals surface area contributed by atoms with Crippen LogP contribution in [0.25, 0.3) is 10.9 Å². The van der Waals surface area contributed by atoms with Crippen LogP contribution in [0.2, 0.25) is 0 Å². The van der Waals surface area contributed by atoms with Crippen molar-refractivity contribution in [1.29, 1.82) is 0 Å². The van der Waals surface area contributed by atoms with Crippen LogP contribution < -0.4 is 5.32 Å². The van der Waals surface area contributed by atoms with E-state index in [4.69, 9.17) is 0 Å². The highest BCUT2D eigenvalue weighted by atomic mass is 16.3. The molecule has 2 aromatic rings. The number of rotatable bonds is 3. The van der Waals surface area contributed by atoms with E-state index >= 15 is 0 Å². The molecule has 1 amide bonds. The zero-order chi connectivity index (χ0) is 14.8. The lowest BCUT2D eigenvalue weighted by Gasteiger charge is -2.24. The van der Waals surface area contributed by atoms with Crippen molar-refractivity contribution in [1.82, 2.24) is 9.88 Å². The van der Waals surface area contributed by atoms with Gasteiger partial charge in [-0.1, -0.05) is 18.2 Å². The molecule has 21 heavy (non-hydrogen) atoms. The Hall–Kier alpha value is -2.14. The summed E-state index contributed by atoms with van der Waals surface area (Å²) in [5.41, 5.74) is 1.44. The highest BCUT2D eigenvalue weighted by Crippen LogP contribution is 2.25. The maximum atomic E-state index is 12.9. The van der Waals surface area contributed by atoms with Gasteiger partial charge in [0.05, 0.1) is 23.7 Å². The Bertz CT molecular complexity index is 672. The number of para-hydroxylation sites is 1. The molecule has 0 saturated carbocycles. The Morgan fingerprint density at radius 1 is 1.48 bits per heavy atom. The highest BCUT2D eigenvalue weighted by Gasteiger charge is 2.29. The highest BCUT2D eigenvalue weighted by molar-refractivity contribution is 6.07. The summed E-state index contributed by atoms with van der Waals surface area (Å²) >= 11 is 0. The molecule has 5 heteroatoms. The number of benzene rings is 1. The molecule has 2 heterocycles. The van der Waals surface area contributed by atoms with Crippen molar-refractivity contribution in [2.75, 3.05) is 25.5 Å². The van der Waals surface area contributed by atoms with E-state index in [0.717, 1.165) is 23.7 Å². The lowest BCUT2D eigenvalue weighted by Crippen LogP contribution is -2.37. The summed E-state index contributed by atoms with van der Waals surface area (Å²) < 4.78 is 0. The van der Waals surface area contributed by atoms with Gasteiger partial charge in [0.25, 0.3) is 5.91 Å². The first-order valence-corrected chi connectivity index (χ1v) is 7.24. The van der Waals surface area contributed by atoms with E-state index in [2.05, 4.69) is 10.3 Å². The van der Waals surface area contributed by atoms with Crippen LogP contribution in [0, 0.1) is 0 Å². The van der Waals surface area contributed by atoms with Crippen LogP contribution in [0.5, 0.6) is 0 Å². The van der Waals surface area contributed by atoms with E-state index in [0.29, 0.717) is 17.9 Å². The summed E-state index contributed by atoms with van der Waals surface area (Å²) in [6.07, 6.45) is 1.81. The molecule has 1 aromatic carbocycles. The average molecular weight is 285 g/mol. The molecule has 0 aliphatic carbocycles. The van der Waals surface area contributed by atoms with E-state index in [9.17, 15) is 9.90 Å². The van der Waals surface area contributed by atoms with Crippen molar-refractivity contribution in [3.63, 3.8) is 0 Å². The number of fused-ring (bicyclic) bond motifs is 1. The Labute approximate surface area is 123 Å². The summed E-state index contributed by atoms with van der Waals surface area (Å²) in [6.45, 7) is 0.725. The molecule has 1 saturated heterocycles. The number of carbonyl (C=O) groups excluding carboxylic acids is 1. The molecule has 1 unspecified atom stereocenters. The predicted molar refractivity (Wildman–Crippen MR) is 82.4 cm³/mol. The van der Waals surface area contributed by atoms with Crippen molar-refractivity contribution in [3.8, 4) is 0 Å². The fourth-order valence-corrected chi connectivity index (χ4v) is 2.93. The first kappa shape index (κ1) is 13.8. The molecule has 5 nitrogen and oxygen atoms in total. The molecule has 1 aromatic heterocycles. The van der Waals surface area contributed by atoms with E-state index in [-0.39, 0.29) is 18.6 Å². The standard InChI is InChI=1S/C16H19N3O2/c1-17-15-9-13(12-6-2-3-7-14(12)18-15)16(21)19-8-4-5-11(19)10-20/h2-3,6-7,9,11,20H,4-5,8,10H2,1H3,(H,17,18). The second-order valence-corrected chi connectivity index (χ2v) is 5.30. The third-order valence-corrected chi connectivity index (χ3v) is 4.05. The fourth-order valence-electron chi connectivity index (χ4n) is 2.93. The Balaban J connectivity index is 2.08. The van der Waals surface area contributed by atoms with Gasteiger partial charge >= 0.3 is 0 Å². The van der Waals surface area contributed by atoms with Gasteiger partial charge in [-0.05, 0) is 25.0 Å². The van der Waals surface area contributed by atoms with Gasteiger partial charge in [0.1, 0.15) is 5.82 Å². The topological polar surface area (TPSA) is 65.5 Å². The number of aromatic nitrogens is 1. The maximum absolute atomic E-state index is 12.9. The van der Waals surface area contributed by atoms with E-state index in [1.54, 1.807) is 18.0 Å². The summed E-state index contributed by atoms with van der Waals surface area (Å²) in [4.78, 5) is 19.1. The summed E-state index contributed by atoms with van der Waals surface area (Å²) in [5.74, 6) is 0.651. The number of likely N-dealkylation sites (tertiary alicyclic amines) is 1. The van der Waals surface area contributed by atoms with Crippen LogP contribution in [0.1, 0.15) is 23.2 Å². The smallest absolute Gasteiger partial charge is 0.255 e. The van der Waals surface area contributed by atoms with Crippen LogP contribution in [-0.2, 0) is 0 Å². The van der Waals surface area contributed by atoms with Gasteiger partial charge in [0.15, 0.2) is 0 Å². The number of carbonyl (C=O) groups is 1. The van der Waals surface area contributed by atoms with Crippen LogP contribution in [0.4, 0.5) is 5.82 Å². The number of nitrogens with one attached hydrogen (secondary N) is 1. The third kappa shape index (κ3) is 2.45. The zero-order valence-corrected chi connectivity index (χ0v) is 12.0. The predicted octanol–water partition coefficient (Wildman–Crippen LogP) is 1.87. The molecule has 3 rings (SSSR count). The largest absolute Gasteiger partial charge is 0.394 e. The molecule has 1 aliphatic rings. The molecule has 110 valence electrons. The first-order valence-electron chi connectivity index (χ1n) is 7.24. The minimum absolute atomic E-state index is 0.0215. The molecule has 0 radical (unpaired) electrons. The molecule has 2 N–H and O–H groups in total. The van der Waals surface area contributed by atoms with Crippen LogP contribution in [0.3, 0.4) is 0 Å². The fraction of sp³-hybridized carbons (Fsp3) is 0.375. The summed E-state index contributed by atoms with van der Waals surface area (Å²) in [7, 11) is 1.79. The monoisotopic (exact) mass is 285 g/mol. The molecular formula is C16H19N3O2. The van der Waals surface area contributed by atoms with Gasteiger partial charge in [-0.3, -0.25) is 4.79 Å². The molecule has 0 spiro atoms. The van der Waals surface area contributed by atoms with Gasteiger partial charge in [0.2, 0.25) is 0 Å². The molecule has 1 atom stereocenters. The van der Waals surface area contributed by atoms with Crippen molar-refractivity contribution in [2.24, 2.45) is 0 Å². The van der Waals surface area contributed by atoms with E-state index in [1.165, 1.54) is 0 Å². The number of amides is 1. The van der Waals surface area contributed by atoms with E-state index in [1.807, 2.05) is 24.3 Å². The average Bonchev–Trinajstić information content (AvgIpc) is 3.01. The lowest BCUT2D eigenvalue weighted by atomic mass is 10.1. The van der Waals surface area contributed by atoms with Gasteiger partial charge in [-0.2, -0.15) is 0 Å². The van der Waals surface area contributed by atoms with Crippen molar-refractivity contribution in [2.45, 2.75) is 18.9 Å². The number of aliphatic hydroxyl groups is 1. The van der Waals surface area contributed by atoms with Gasteiger partial charge in [-0.15, -0.1) is 0 Å². The van der Waals surface area contributed by atoms with Crippen LogP contribution in [-0.4, -0.2) is 47.1 Å². The van der Waals surface area contributed by atoms with Crippen LogP contribution >= 0.6 is 0 Å². The Morgan fingerprint density at radius 2 is 2.29 bits per heavy atom. The summed E-state index contributed by atoms with van der Waals surface area (Å²) in [5, 5.41) is 13.3. The SMILES string of the molecule is CNc1cc(C(=O)N2CCCC2CO)c2ccccc2n1. The van der Waals surface area contributed by atoms with Gasteiger partial charge in [-0.25, -0.2) is 4.98 Å². The Morgan fingerprint density at radius 3 is 3.05 bits per heavy atom. The van der Waals surface area contributed by atoms with Crippen LogP contribution in [0.15, 0.2) is 30.3 Å². The molecular weight excluding hydrogens is 266 g/mol. The number of nitrogens with zero attached hydrogens (tertiary/aromatic N) is 2. The van der Waals surface area contributed by atoms with Gasteiger partial charge < -0.3 is 15.3 Å². The quantitative estimate of drug-likeness (QED) is 0.903. The lowest BCUT2D eigenvalue weighted by molar-refractivity contribution is 0.0679. The first-order chi connectivity index (χ1) is 10.2. The minimum Gasteiger partial charge on any atom is -0.394 e. The minimum atomic E-state index is -0.0672. The Kier molecular flexibility index (Phi) is 3.75. The normalized spacial score (nSPS) is 18.2. The van der Waals surface area contributed by atoms with Gasteiger partial charge in [0, 0.05) is 19.0 Å². The number of hydrogen-bond donors (Lipinski definition) is 2. The second kappa shape index (κ2) is 5.69. The summed E-state index contributed by atoms with van der Waals surface area (Å²) in [6, 6.07) is 9.36. The number of anilines is 1. The molecule has 1 fully saturated rings. The van der Waals surface area contributed by atoms with Crippen molar-refractivity contribution >= 4 is 22.6 Å². The molecule has 1 aliphatic heterocycles. The van der Waals surface area contributed by atoms with E-state index < -0.39 is 0 Å². The maximum Gasteiger partial charge on any atom is 0.255 e. The zero-order valence-electron chi connectivity index (χ0n) is 12.0.